The highest BCUT2D eigenvalue weighted by Crippen LogP contribution is 2.45. The Kier molecular flexibility index (Phi) is 5.61. The van der Waals surface area contributed by atoms with Gasteiger partial charge in [0, 0.05) is 24.6 Å². The molecule has 2 rings (SSSR count). The van der Waals surface area contributed by atoms with Crippen molar-refractivity contribution in [2.75, 3.05) is 20.7 Å². The molecular weight excluding hydrogens is 286 g/mol. The Labute approximate surface area is 130 Å². The maximum absolute atomic E-state index is 12.7. The summed E-state index contributed by atoms with van der Waals surface area (Å²) in [4.78, 5) is 20.9. The van der Waals surface area contributed by atoms with Crippen molar-refractivity contribution in [1.82, 2.24) is 14.8 Å². The highest BCUT2D eigenvalue weighted by Gasteiger charge is 2.43. The molecule has 0 aromatic carbocycles. The van der Waals surface area contributed by atoms with Crippen molar-refractivity contribution in [3.63, 3.8) is 0 Å². The van der Waals surface area contributed by atoms with Crippen LogP contribution >= 0.6 is 11.8 Å². The molecule has 1 saturated heterocycles. The summed E-state index contributed by atoms with van der Waals surface area (Å²) in [5, 5.41) is 8.92. The number of amides is 1. The van der Waals surface area contributed by atoms with Crippen LogP contribution in [0.15, 0.2) is 24.5 Å². The zero-order valence-electron chi connectivity index (χ0n) is 12.8. The van der Waals surface area contributed by atoms with E-state index in [1.807, 2.05) is 49.1 Å². The molecule has 1 aromatic heterocycles. The van der Waals surface area contributed by atoms with E-state index in [1.54, 1.807) is 18.0 Å². The molecule has 1 fully saturated rings. The number of carbonyl (C=O) groups is 1. The van der Waals surface area contributed by atoms with Crippen molar-refractivity contribution in [2.45, 2.75) is 36.6 Å². The molecule has 0 spiro atoms. The van der Waals surface area contributed by atoms with Gasteiger partial charge in [-0.05, 0) is 39.9 Å². The van der Waals surface area contributed by atoms with Crippen molar-refractivity contribution < 1.29 is 9.90 Å². The topological polar surface area (TPSA) is 56.7 Å². The SMILES string of the molecule is CC(N(C)C)N1C(=O)C(CCCO)SC1c1cccnc1. The Morgan fingerprint density at radius 1 is 1.52 bits per heavy atom. The number of aliphatic hydroxyl groups is 1. The van der Waals surface area contributed by atoms with Crippen LogP contribution in [0.5, 0.6) is 0 Å². The van der Waals surface area contributed by atoms with Crippen molar-refractivity contribution in [1.29, 1.82) is 0 Å². The van der Waals surface area contributed by atoms with Crippen LogP contribution in [0.3, 0.4) is 0 Å². The van der Waals surface area contributed by atoms with E-state index in [1.165, 1.54) is 0 Å². The Balaban J connectivity index is 2.25. The summed E-state index contributed by atoms with van der Waals surface area (Å²) >= 11 is 1.66. The van der Waals surface area contributed by atoms with E-state index in [-0.39, 0.29) is 29.3 Å². The standard InChI is InChI=1S/C15H23N3O2S/c1-11(17(2)3)18-14(20)13(7-5-9-19)21-15(18)12-6-4-8-16-10-12/h4,6,8,10-11,13,15,19H,5,7,9H2,1-3H3. The highest BCUT2D eigenvalue weighted by atomic mass is 32.2. The third-order valence-electron chi connectivity index (χ3n) is 3.82. The van der Waals surface area contributed by atoms with Crippen LogP contribution in [0.4, 0.5) is 0 Å². The Hall–Kier alpha value is -1.11. The Bertz CT molecular complexity index is 469. The van der Waals surface area contributed by atoms with Gasteiger partial charge in [0.15, 0.2) is 0 Å². The van der Waals surface area contributed by atoms with Crippen LogP contribution in [0.25, 0.3) is 0 Å². The van der Waals surface area contributed by atoms with Crippen LogP contribution in [0, 0.1) is 0 Å². The highest BCUT2D eigenvalue weighted by molar-refractivity contribution is 8.01. The van der Waals surface area contributed by atoms with Crippen molar-refractivity contribution >= 4 is 17.7 Å². The molecule has 1 aliphatic heterocycles. The summed E-state index contributed by atoms with van der Waals surface area (Å²) in [6.45, 7) is 2.17. The summed E-state index contributed by atoms with van der Waals surface area (Å²) in [6, 6.07) is 3.92. The van der Waals surface area contributed by atoms with Gasteiger partial charge in [-0.2, -0.15) is 0 Å². The second-order valence-corrected chi connectivity index (χ2v) is 6.76. The first-order valence-corrected chi connectivity index (χ1v) is 8.15. The number of rotatable bonds is 6. The molecule has 1 amide bonds. The maximum atomic E-state index is 12.7. The van der Waals surface area contributed by atoms with Gasteiger partial charge in [-0.1, -0.05) is 6.07 Å². The molecular formula is C15H23N3O2S. The number of hydrogen-bond acceptors (Lipinski definition) is 5. The molecule has 3 unspecified atom stereocenters. The summed E-state index contributed by atoms with van der Waals surface area (Å²) in [5.41, 5.74) is 1.05. The predicted molar refractivity (Wildman–Crippen MR) is 84.7 cm³/mol. The Morgan fingerprint density at radius 3 is 2.86 bits per heavy atom. The number of pyridine rings is 1. The fraction of sp³-hybridized carbons (Fsp3) is 0.600. The second kappa shape index (κ2) is 7.24. The summed E-state index contributed by atoms with van der Waals surface area (Å²) in [7, 11) is 3.95. The largest absolute Gasteiger partial charge is 0.396 e. The lowest BCUT2D eigenvalue weighted by Crippen LogP contribution is -2.46. The number of nitrogens with zero attached hydrogens (tertiary/aromatic N) is 3. The summed E-state index contributed by atoms with van der Waals surface area (Å²) in [5.74, 6) is 0.156. The van der Waals surface area contributed by atoms with Gasteiger partial charge in [0.1, 0.15) is 5.37 Å². The van der Waals surface area contributed by atoms with Crippen LogP contribution in [-0.4, -0.2) is 57.9 Å². The average Bonchev–Trinajstić information content (AvgIpc) is 2.82. The van der Waals surface area contributed by atoms with Gasteiger partial charge >= 0.3 is 0 Å². The minimum absolute atomic E-state index is 0.00714. The van der Waals surface area contributed by atoms with Gasteiger partial charge in [-0.15, -0.1) is 11.8 Å². The van der Waals surface area contributed by atoms with E-state index in [0.717, 1.165) is 5.56 Å². The molecule has 5 nitrogen and oxygen atoms in total. The van der Waals surface area contributed by atoms with E-state index in [4.69, 9.17) is 5.11 Å². The lowest BCUT2D eigenvalue weighted by molar-refractivity contribution is -0.135. The zero-order chi connectivity index (χ0) is 15.4. The molecule has 0 aliphatic carbocycles. The molecule has 1 aromatic rings. The third kappa shape index (κ3) is 3.56. The molecule has 1 aliphatic rings. The molecule has 3 atom stereocenters. The van der Waals surface area contributed by atoms with Gasteiger partial charge in [0.2, 0.25) is 5.91 Å². The summed E-state index contributed by atoms with van der Waals surface area (Å²) < 4.78 is 0. The fourth-order valence-corrected chi connectivity index (χ4v) is 3.98. The molecule has 21 heavy (non-hydrogen) atoms. The van der Waals surface area contributed by atoms with Gasteiger partial charge in [0.25, 0.3) is 0 Å². The van der Waals surface area contributed by atoms with Crippen LogP contribution in [0.2, 0.25) is 0 Å². The van der Waals surface area contributed by atoms with Crippen LogP contribution in [0.1, 0.15) is 30.7 Å². The van der Waals surface area contributed by atoms with Crippen molar-refractivity contribution in [3.8, 4) is 0 Å². The lowest BCUT2D eigenvalue weighted by Gasteiger charge is -2.34. The molecule has 6 heteroatoms. The van der Waals surface area contributed by atoms with Gasteiger partial charge < -0.3 is 10.0 Å². The summed E-state index contributed by atoms with van der Waals surface area (Å²) in [6.07, 6.45) is 4.97. The first kappa shape index (κ1) is 16.3. The zero-order valence-corrected chi connectivity index (χ0v) is 13.6. The Morgan fingerprint density at radius 2 is 2.29 bits per heavy atom. The van der Waals surface area contributed by atoms with Gasteiger partial charge in [-0.25, -0.2) is 0 Å². The minimum atomic E-state index is -0.0789. The number of thioether (sulfide) groups is 1. The molecule has 0 radical (unpaired) electrons. The van der Waals surface area contributed by atoms with Gasteiger partial charge in [0.05, 0.1) is 11.4 Å². The molecule has 1 N–H and O–H groups in total. The molecule has 2 heterocycles. The van der Waals surface area contributed by atoms with E-state index in [0.29, 0.717) is 12.8 Å². The number of hydrogen-bond donors (Lipinski definition) is 1. The van der Waals surface area contributed by atoms with E-state index < -0.39 is 0 Å². The number of aromatic nitrogens is 1. The van der Waals surface area contributed by atoms with Crippen LogP contribution < -0.4 is 0 Å². The lowest BCUT2D eigenvalue weighted by atomic mass is 10.2. The van der Waals surface area contributed by atoms with E-state index in [2.05, 4.69) is 4.98 Å². The monoisotopic (exact) mass is 309 g/mol. The quantitative estimate of drug-likeness (QED) is 0.867. The smallest absolute Gasteiger partial charge is 0.238 e. The molecule has 0 bridgehead atoms. The van der Waals surface area contributed by atoms with E-state index >= 15 is 0 Å². The third-order valence-corrected chi connectivity index (χ3v) is 5.34. The normalized spacial score (nSPS) is 23.9. The van der Waals surface area contributed by atoms with Crippen molar-refractivity contribution in [2.24, 2.45) is 0 Å². The second-order valence-electron chi connectivity index (χ2n) is 5.47. The fourth-order valence-electron chi connectivity index (χ4n) is 2.42. The first-order valence-electron chi connectivity index (χ1n) is 7.21. The first-order chi connectivity index (χ1) is 10.1. The maximum Gasteiger partial charge on any atom is 0.238 e. The van der Waals surface area contributed by atoms with Crippen LogP contribution in [-0.2, 0) is 4.79 Å². The number of carbonyl (C=O) groups excluding carboxylic acids is 1. The number of aliphatic hydroxyl groups excluding tert-OH is 1. The average molecular weight is 309 g/mol. The van der Waals surface area contributed by atoms with Crippen molar-refractivity contribution in [3.05, 3.63) is 30.1 Å². The molecule has 0 saturated carbocycles. The van der Waals surface area contributed by atoms with E-state index in [9.17, 15) is 4.79 Å². The molecule has 116 valence electrons. The van der Waals surface area contributed by atoms with Gasteiger partial charge in [-0.3, -0.25) is 14.7 Å². The minimum Gasteiger partial charge on any atom is -0.396 e. The predicted octanol–water partition coefficient (Wildman–Crippen LogP) is 1.70.